The van der Waals surface area contributed by atoms with Crippen molar-refractivity contribution < 1.29 is 29.3 Å². The van der Waals surface area contributed by atoms with Crippen LogP contribution in [0.15, 0.2) is 66.7 Å². The van der Waals surface area contributed by atoms with Crippen LogP contribution < -0.4 is 10.6 Å². The van der Waals surface area contributed by atoms with Crippen LogP contribution in [-0.4, -0.2) is 50.7 Å². The van der Waals surface area contributed by atoms with Gasteiger partial charge in [-0.2, -0.15) is 0 Å². The Balaban J connectivity index is 2.09. The van der Waals surface area contributed by atoms with E-state index in [-0.39, 0.29) is 23.5 Å². The molecular weight excluding hydrogens is 558 g/mol. The van der Waals surface area contributed by atoms with Gasteiger partial charge in [0.25, 0.3) is 5.91 Å². The number of nitrogens with zero attached hydrogens (tertiary/aromatic N) is 1. The number of halogens is 1. The molecule has 3 rings (SSSR count). The van der Waals surface area contributed by atoms with Gasteiger partial charge in [0.15, 0.2) is 0 Å². The van der Waals surface area contributed by atoms with Gasteiger partial charge in [-0.15, -0.1) is 0 Å². The van der Waals surface area contributed by atoms with Crippen LogP contribution in [0.4, 0.5) is 10.5 Å². The van der Waals surface area contributed by atoms with E-state index in [0.29, 0.717) is 21.8 Å². The van der Waals surface area contributed by atoms with Gasteiger partial charge >= 0.3 is 6.09 Å². The van der Waals surface area contributed by atoms with Crippen LogP contribution in [0.1, 0.15) is 57.4 Å². The molecule has 0 bridgehead atoms. The fraction of sp³-hybridized carbons (Fsp3) is 0.344. The Labute approximate surface area is 251 Å². The molecule has 224 valence electrons. The van der Waals surface area contributed by atoms with E-state index < -0.39 is 41.6 Å². The predicted molar refractivity (Wildman–Crippen MR) is 163 cm³/mol. The number of carbonyl (C=O) groups is 3. The molecule has 2 unspecified atom stereocenters. The summed E-state index contributed by atoms with van der Waals surface area (Å²) < 4.78 is 5.44. The maximum atomic E-state index is 14.4. The zero-order valence-corrected chi connectivity index (χ0v) is 25.4. The van der Waals surface area contributed by atoms with E-state index in [4.69, 9.17) is 16.3 Å². The van der Waals surface area contributed by atoms with E-state index in [9.17, 15) is 24.6 Å². The highest BCUT2D eigenvalue weighted by molar-refractivity contribution is 6.34. The molecule has 3 aromatic rings. The number of hydrogen-bond acceptors (Lipinski definition) is 6. The van der Waals surface area contributed by atoms with Crippen LogP contribution in [0.2, 0.25) is 5.02 Å². The highest BCUT2D eigenvalue weighted by Crippen LogP contribution is 2.34. The number of ether oxygens (including phenoxy) is 1. The van der Waals surface area contributed by atoms with E-state index in [1.165, 1.54) is 23.1 Å². The highest BCUT2D eigenvalue weighted by Gasteiger charge is 2.39. The maximum absolute atomic E-state index is 14.4. The molecule has 0 saturated heterocycles. The van der Waals surface area contributed by atoms with Gasteiger partial charge in [0.05, 0.1) is 10.7 Å². The third-order valence-electron chi connectivity index (χ3n) is 6.40. The van der Waals surface area contributed by atoms with Crippen molar-refractivity contribution in [2.24, 2.45) is 0 Å². The number of rotatable bonds is 9. The normalized spacial score (nSPS) is 12.8. The molecule has 3 aromatic carbocycles. The van der Waals surface area contributed by atoms with Gasteiger partial charge in [0, 0.05) is 18.0 Å². The lowest BCUT2D eigenvalue weighted by molar-refractivity contribution is -0.143. The lowest BCUT2D eigenvalue weighted by atomic mass is 9.98. The summed E-state index contributed by atoms with van der Waals surface area (Å²) in [4.78, 5) is 42.6. The minimum atomic E-state index is -1.29. The average Bonchev–Trinajstić information content (AvgIpc) is 2.89. The van der Waals surface area contributed by atoms with Crippen LogP contribution in [0.3, 0.4) is 0 Å². The Morgan fingerprint density at radius 1 is 0.952 bits per heavy atom. The molecule has 0 saturated carbocycles. The van der Waals surface area contributed by atoms with Crippen molar-refractivity contribution in [1.29, 1.82) is 0 Å². The second-order valence-corrected chi connectivity index (χ2v) is 11.7. The van der Waals surface area contributed by atoms with Crippen molar-refractivity contribution in [3.63, 3.8) is 0 Å². The van der Waals surface area contributed by atoms with Crippen LogP contribution in [-0.2, 0) is 20.7 Å². The predicted octanol–water partition coefficient (Wildman–Crippen LogP) is 6.11. The number of benzene rings is 3. The molecule has 3 amide bonds. The van der Waals surface area contributed by atoms with E-state index in [1.54, 1.807) is 90.1 Å². The molecule has 10 heteroatoms. The molecule has 0 aliphatic heterocycles. The Morgan fingerprint density at radius 3 is 2.17 bits per heavy atom. The molecule has 4 N–H and O–H groups in total. The Kier molecular flexibility index (Phi) is 10.5. The highest BCUT2D eigenvalue weighted by atomic mass is 35.5. The standard InChI is InChI=1S/C32H38ClN3O6/c1-19(2)36(30(40)25(34-31(41)42-32(4,5)6)18-21-14-16-22(37)17-15-21)28(23-11-7-8-13-26(23)38)29(39)35-27-20(3)10-9-12-24(27)33/h7-17,19,25,28,37-38H,18H2,1-6H3,(H,34,41)(H,35,39). The third-order valence-corrected chi connectivity index (χ3v) is 6.72. The molecule has 0 fully saturated rings. The minimum absolute atomic E-state index is 0.0420. The van der Waals surface area contributed by atoms with E-state index in [1.807, 2.05) is 0 Å². The summed E-state index contributed by atoms with van der Waals surface area (Å²) in [6.45, 7) is 10.4. The molecule has 0 aliphatic rings. The van der Waals surface area contributed by atoms with E-state index in [2.05, 4.69) is 10.6 Å². The lowest BCUT2D eigenvalue weighted by Crippen LogP contribution is -2.55. The zero-order chi connectivity index (χ0) is 31.2. The first-order valence-electron chi connectivity index (χ1n) is 13.6. The summed E-state index contributed by atoms with van der Waals surface area (Å²) in [5, 5.41) is 26.4. The molecule has 0 heterocycles. The molecule has 2 atom stereocenters. The quantitative estimate of drug-likeness (QED) is 0.236. The van der Waals surface area contributed by atoms with Gasteiger partial charge < -0.3 is 30.5 Å². The van der Waals surface area contributed by atoms with Gasteiger partial charge in [-0.3, -0.25) is 9.59 Å². The van der Waals surface area contributed by atoms with Crippen LogP contribution >= 0.6 is 11.6 Å². The van der Waals surface area contributed by atoms with Crippen molar-refractivity contribution in [3.05, 3.63) is 88.4 Å². The second-order valence-electron chi connectivity index (χ2n) is 11.3. The number of para-hydroxylation sites is 2. The van der Waals surface area contributed by atoms with E-state index in [0.717, 1.165) is 0 Å². The van der Waals surface area contributed by atoms with Gasteiger partial charge in [-0.1, -0.05) is 54.1 Å². The molecule has 0 aliphatic carbocycles. The van der Waals surface area contributed by atoms with Crippen LogP contribution in [0.25, 0.3) is 0 Å². The summed E-state index contributed by atoms with van der Waals surface area (Å²) >= 11 is 6.40. The molecular formula is C32H38ClN3O6. The third kappa shape index (κ3) is 8.39. The lowest BCUT2D eigenvalue weighted by Gasteiger charge is -2.37. The van der Waals surface area contributed by atoms with Crippen molar-refractivity contribution in [1.82, 2.24) is 10.2 Å². The maximum Gasteiger partial charge on any atom is 0.408 e. The van der Waals surface area contributed by atoms with Crippen molar-refractivity contribution in [2.75, 3.05) is 5.32 Å². The van der Waals surface area contributed by atoms with Crippen molar-refractivity contribution >= 4 is 35.2 Å². The number of alkyl carbamates (subject to hydrolysis) is 1. The Morgan fingerprint density at radius 2 is 1.60 bits per heavy atom. The topological polar surface area (TPSA) is 128 Å². The average molecular weight is 596 g/mol. The summed E-state index contributed by atoms with van der Waals surface area (Å²) in [6.07, 6.45) is -0.765. The zero-order valence-electron chi connectivity index (χ0n) is 24.6. The molecule has 0 aromatic heterocycles. The van der Waals surface area contributed by atoms with Gasteiger partial charge in [0.1, 0.15) is 29.2 Å². The molecule has 9 nitrogen and oxygen atoms in total. The smallest absolute Gasteiger partial charge is 0.408 e. The van der Waals surface area contributed by atoms with Crippen LogP contribution in [0.5, 0.6) is 11.5 Å². The number of hydrogen-bond donors (Lipinski definition) is 4. The first-order valence-corrected chi connectivity index (χ1v) is 14.0. The number of anilines is 1. The first-order chi connectivity index (χ1) is 19.7. The number of amides is 3. The van der Waals surface area contributed by atoms with E-state index >= 15 is 0 Å². The first kappa shape index (κ1) is 32.3. The number of phenols is 2. The summed E-state index contributed by atoms with van der Waals surface area (Å²) in [5.41, 5.74) is 1.13. The van der Waals surface area contributed by atoms with Crippen molar-refractivity contribution in [3.8, 4) is 11.5 Å². The van der Waals surface area contributed by atoms with Gasteiger partial charge in [-0.05, 0) is 76.9 Å². The van der Waals surface area contributed by atoms with Gasteiger partial charge in [-0.25, -0.2) is 4.79 Å². The van der Waals surface area contributed by atoms with Crippen molar-refractivity contribution in [2.45, 2.75) is 71.7 Å². The van der Waals surface area contributed by atoms with Gasteiger partial charge in [0.2, 0.25) is 5.91 Å². The monoisotopic (exact) mass is 595 g/mol. The fourth-order valence-corrected chi connectivity index (χ4v) is 4.76. The molecule has 0 radical (unpaired) electrons. The number of carbonyl (C=O) groups excluding carboxylic acids is 3. The minimum Gasteiger partial charge on any atom is -0.508 e. The number of nitrogens with one attached hydrogen (secondary N) is 2. The fourth-order valence-electron chi connectivity index (χ4n) is 4.50. The van der Waals surface area contributed by atoms with Crippen LogP contribution in [0, 0.1) is 6.92 Å². The number of aromatic hydroxyl groups is 2. The molecule has 42 heavy (non-hydrogen) atoms. The number of phenolic OH excluding ortho intramolecular Hbond substituents is 2. The summed E-state index contributed by atoms with van der Waals surface area (Å²) in [6, 6.07) is 14.7. The largest absolute Gasteiger partial charge is 0.508 e. The Bertz CT molecular complexity index is 1400. The molecule has 0 spiro atoms. The summed E-state index contributed by atoms with van der Waals surface area (Å²) in [5.74, 6) is -1.31. The Hall–Kier alpha value is -4.24. The second kappa shape index (κ2) is 13.6. The SMILES string of the molecule is Cc1cccc(Cl)c1NC(=O)C(c1ccccc1O)N(C(=O)C(Cc1ccc(O)cc1)NC(=O)OC(C)(C)C)C(C)C. The number of aryl methyl sites for hydroxylation is 1. The summed E-state index contributed by atoms with van der Waals surface area (Å²) in [7, 11) is 0.